The van der Waals surface area contributed by atoms with Gasteiger partial charge in [-0.3, -0.25) is 9.59 Å². The number of rotatable bonds is 3. The fourth-order valence-electron chi connectivity index (χ4n) is 2.43. The topological polar surface area (TPSA) is 49.4 Å². The van der Waals surface area contributed by atoms with Gasteiger partial charge in [0.05, 0.1) is 0 Å². The van der Waals surface area contributed by atoms with Crippen LogP contribution in [0.3, 0.4) is 0 Å². The maximum absolute atomic E-state index is 13.1. The molecule has 0 bridgehead atoms. The van der Waals surface area contributed by atoms with E-state index in [0.717, 1.165) is 6.07 Å². The molecule has 1 aliphatic heterocycles. The number of hydrogen-bond acceptors (Lipinski definition) is 2. The van der Waals surface area contributed by atoms with Crippen LogP contribution in [0.15, 0.2) is 18.2 Å². The lowest BCUT2D eigenvalue weighted by Crippen LogP contribution is -2.53. The zero-order chi connectivity index (χ0) is 15.6. The van der Waals surface area contributed by atoms with Crippen LogP contribution in [0, 0.1) is 11.6 Å². The second-order valence-electron chi connectivity index (χ2n) is 5.74. The average molecular weight is 296 g/mol. The van der Waals surface area contributed by atoms with E-state index in [0.29, 0.717) is 25.1 Å². The predicted octanol–water partition coefficient (Wildman–Crippen LogP) is 1.63. The normalized spacial score (nSPS) is 18.4. The summed E-state index contributed by atoms with van der Waals surface area (Å²) in [7, 11) is 0. The molecule has 1 saturated heterocycles. The number of amides is 2. The summed E-state index contributed by atoms with van der Waals surface area (Å²) in [5, 5.41) is 2.66. The molecule has 2 amide bonds. The molecule has 0 aromatic heterocycles. The van der Waals surface area contributed by atoms with Crippen molar-refractivity contribution in [3.63, 3.8) is 0 Å². The van der Waals surface area contributed by atoms with Gasteiger partial charge < -0.3 is 10.2 Å². The van der Waals surface area contributed by atoms with E-state index in [1.807, 2.05) is 0 Å². The number of hydrogen-bond donors (Lipinski definition) is 1. The Hall–Kier alpha value is -1.98. The standard InChI is InChI=1S/C15H18F2N2O2/c1-15(2)14(21)19(6-4-13(20)18-15)5-3-10-7-11(16)9-12(17)8-10/h7-9H,3-6H2,1-2H3,(H,18,20). The van der Waals surface area contributed by atoms with Crippen molar-refractivity contribution in [1.82, 2.24) is 10.2 Å². The van der Waals surface area contributed by atoms with Gasteiger partial charge in [0.1, 0.15) is 17.2 Å². The largest absolute Gasteiger partial charge is 0.342 e. The van der Waals surface area contributed by atoms with Gasteiger partial charge in [-0.2, -0.15) is 0 Å². The molecule has 0 radical (unpaired) electrons. The van der Waals surface area contributed by atoms with Crippen LogP contribution < -0.4 is 5.32 Å². The van der Waals surface area contributed by atoms with Crippen LogP contribution in [-0.4, -0.2) is 35.3 Å². The summed E-state index contributed by atoms with van der Waals surface area (Å²) in [5.41, 5.74) is -0.470. The third kappa shape index (κ3) is 3.77. The van der Waals surface area contributed by atoms with Crippen molar-refractivity contribution in [3.05, 3.63) is 35.4 Å². The molecular weight excluding hydrogens is 278 g/mol. The van der Waals surface area contributed by atoms with Crippen LogP contribution >= 0.6 is 0 Å². The molecule has 2 rings (SSSR count). The Bertz CT molecular complexity index is 553. The Kier molecular flexibility index (Phi) is 4.25. The molecule has 1 aromatic rings. The molecule has 114 valence electrons. The smallest absolute Gasteiger partial charge is 0.247 e. The minimum Gasteiger partial charge on any atom is -0.342 e. The van der Waals surface area contributed by atoms with E-state index in [4.69, 9.17) is 0 Å². The van der Waals surface area contributed by atoms with Crippen molar-refractivity contribution in [2.24, 2.45) is 0 Å². The Labute approximate surface area is 122 Å². The number of nitrogens with zero attached hydrogens (tertiary/aromatic N) is 1. The van der Waals surface area contributed by atoms with E-state index >= 15 is 0 Å². The maximum atomic E-state index is 13.1. The summed E-state index contributed by atoms with van der Waals surface area (Å²) in [4.78, 5) is 25.5. The monoisotopic (exact) mass is 296 g/mol. The second kappa shape index (κ2) is 5.79. The van der Waals surface area contributed by atoms with Crippen LogP contribution in [0.2, 0.25) is 0 Å². The number of nitrogens with one attached hydrogen (secondary N) is 1. The first-order valence-corrected chi connectivity index (χ1v) is 6.83. The van der Waals surface area contributed by atoms with E-state index in [9.17, 15) is 18.4 Å². The zero-order valence-corrected chi connectivity index (χ0v) is 12.1. The van der Waals surface area contributed by atoms with Crippen LogP contribution in [0.4, 0.5) is 8.78 Å². The maximum Gasteiger partial charge on any atom is 0.247 e. The Morgan fingerprint density at radius 1 is 1.19 bits per heavy atom. The van der Waals surface area contributed by atoms with E-state index in [1.54, 1.807) is 18.7 Å². The first-order chi connectivity index (χ1) is 9.78. The van der Waals surface area contributed by atoms with E-state index in [-0.39, 0.29) is 18.2 Å². The molecule has 0 saturated carbocycles. The number of benzene rings is 1. The van der Waals surface area contributed by atoms with Crippen LogP contribution in [-0.2, 0) is 16.0 Å². The molecule has 1 N–H and O–H groups in total. The van der Waals surface area contributed by atoms with Crippen LogP contribution in [0.1, 0.15) is 25.8 Å². The fourth-order valence-corrected chi connectivity index (χ4v) is 2.43. The average Bonchev–Trinajstić information content (AvgIpc) is 2.44. The lowest BCUT2D eigenvalue weighted by atomic mass is 10.0. The summed E-state index contributed by atoms with van der Waals surface area (Å²) in [6.45, 7) is 3.92. The van der Waals surface area contributed by atoms with Crippen molar-refractivity contribution >= 4 is 11.8 Å². The lowest BCUT2D eigenvalue weighted by Gasteiger charge is -2.28. The first kappa shape index (κ1) is 15.4. The SMILES string of the molecule is CC1(C)NC(=O)CCN(CCc2cc(F)cc(F)c2)C1=O. The number of carbonyl (C=O) groups excluding carboxylic acids is 2. The van der Waals surface area contributed by atoms with Crippen LogP contribution in [0.5, 0.6) is 0 Å². The molecule has 21 heavy (non-hydrogen) atoms. The zero-order valence-electron chi connectivity index (χ0n) is 12.1. The molecule has 1 aliphatic rings. The molecular formula is C15H18F2N2O2. The molecule has 4 nitrogen and oxygen atoms in total. The van der Waals surface area contributed by atoms with Gasteiger partial charge in [-0.1, -0.05) is 0 Å². The van der Waals surface area contributed by atoms with E-state index in [2.05, 4.69) is 5.32 Å². The minimum absolute atomic E-state index is 0.173. The summed E-state index contributed by atoms with van der Waals surface area (Å²) < 4.78 is 26.3. The summed E-state index contributed by atoms with van der Waals surface area (Å²) >= 11 is 0. The quantitative estimate of drug-likeness (QED) is 0.922. The van der Waals surface area contributed by atoms with Crippen molar-refractivity contribution in [2.45, 2.75) is 32.2 Å². The number of carbonyl (C=O) groups is 2. The third-order valence-corrected chi connectivity index (χ3v) is 3.48. The van der Waals surface area contributed by atoms with Crippen molar-refractivity contribution in [2.75, 3.05) is 13.1 Å². The van der Waals surface area contributed by atoms with Gasteiger partial charge in [0.15, 0.2) is 0 Å². The Morgan fingerprint density at radius 2 is 1.81 bits per heavy atom. The Morgan fingerprint density at radius 3 is 2.43 bits per heavy atom. The summed E-state index contributed by atoms with van der Waals surface area (Å²) in [5.74, 6) is -1.63. The van der Waals surface area contributed by atoms with Gasteiger partial charge in [-0.05, 0) is 38.0 Å². The highest BCUT2D eigenvalue weighted by Crippen LogP contribution is 2.15. The molecule has 1 heterocycles. The molecule has 1 fully saturated rings. The second-order valence-corrected chi connectivity index (χ2v) is 5.74. The third-order valence-electron chi connectivity index (χ3n) is 3.48. The van der Waals surface area contributed by atoms with Gasteiger partial charge in [0, 0.05) is 25.6 Å². The minimum atomic E-state index is -0.958. The summed E-state index contributed by atoms with van der Waals surface area (Å²) in [6.07, 6.45) is 0.567. The molecule has 1 aromatic carbocycles. The highest BCUT2D eigenvalue weighted by Gasteiger charge is 2.36. The van der Waals surface area contributed by atoms with E-state index < -0.39 is 17.2 Å². The van der Waals surface area contributed by atoms with Crippen molar-refractivity contribution in [1.29, 1.82) is 0 Å². The molecule has 0 unspecified atom stereocenters. The fraction of sp³-hybridized carbons (Fsp3) is 0.467. The molecule has 0 atom stereocenters. The molecule has 6 heteroatoms. The summed E-state index contributed by atoms with van der Waals surface area (Å²) in [6, 6.07) is 3.31. The first-order valence-electron chi connectivity index (χ1n) is 6.83. The Balaban J connectivity index is 2.07. The highest BCUT2D eigenvalue weighted by molar-refractivity contribution is 5.92. The molecule has 0 aliphatic carbocycles. The van der Waals surface area contributed by atoms with Gasteiger partial charge in [0.25, 0.3) is 0 Å². The van der Waals surface area contributed by atoms with E-state index in [1.165, 1.54) is 12.1 Å². The van der Waals surface area contributed by atoms with Gasteiger partial charge >= 0.3 is 0 Å². The van der Waals surface area contributed by atoms with Crippen molar-refractivity contribution < 1.29 is 18.4 Å². The van der Waals surface area contributed by atoms with Crippen LogP contribution in [0.25, 0.3) is 0 Å². The van der Waals surface area contributed by atoms with Gasteiger partial charge in [0.2, 0.25) is 11.8 Å². The number of halogens is 2. The highest BCUT2D eigenvalue weighted by atomic mass is 19.1. The predicted molar refractivity (Wildman–Crippen MR) is 73.5 cm³/mol. The van der Waals surface area contributed by atoms with Gasteiger partial charge in [-0.15, -0.1) is 0 Å². The molecule has 0 spiro atoms. The van der Waals surface area contributed by atoms with Crippen molar-refractivity contribution in [3.8, 4) is 0 Å². The lowest BCUT2D eigenvalue weighted by molar-refractivity contribution is -0.137. The van der Waals surface area contributed by atoms with Gasteiger partial charge in [-0.25, -0.2) is 8.78 Å².